The molecule has 0 radical (unpaired) electrons. The Labute approximate surface area is 128 Å². The largest absolute Gasteiger partial charge is 0.444 e. The van der Waals surface area contributed by atoms with E-state index in [4.69, 9.17) is 9.47 Å². The van der Waals surface area contributed by atoms with Crippen LogP contribution in [0.2, 0.25) is 0 Å². The van der Waals surface area contributed by atoms with E-state index in [1.165, 1.54) is 0 Å². The van der Waals surface area contributed by atoms with Gasteiger partial charge in [-0.2, -0.15) is 0 Å². The van der Waals surface area contributed by atoms with E-state index in [0.29, 0.717) is 26.1 Å². The summed E-state index contributed by atoms with van der Waals surface area (Å²) in [6.45, 7) is 12.9. The van der Waals surface area contributed by atoms with E-state index < -0.39 is 11.2 Å². The average Bonchev–Trinajstić information content (AvgIpc) is 2.70. The first-order valence-corrected chi connectivity index (χ1v) is 7.81. The minimum absolute atomic E-state index is 0.274. The van der Waals surface area contributed by atoms with Gasteiger partial charge < -0.3 is 19.5 Å². The predicted molar refractivity (Wildman–Crippen MR) is 82.3 cm³/mol. The first-order chi connectivity index (χ1) is 9.46. The molecule has 0 aromatic rings. The lowest BCUT2D eigenvalue weighted by Crippen LogP contribution is -2.41. The molecule has 0 aromatic carbocycles. The zero-order valence-corrected chi connectivity index (χ0v) is 14.4. The normalized spacial score (nSPS) is 23.5. The third-order valence-electron chi connectivity index (χ3n) is 3.73. The van der Waals surface area contributed by atoms with Crippen molar-refractivity contribution in [3.05, 3.63) is 0 Å². The van der Waals surface area contributed by atoms with Crippen LogP contribution >= 0.6 is 0 Å². The molecule has 1 N–H and O–H groups in total. The van der Waals surface area contributed by atoms with Crippen LogP contribution in [-0.2, 0) is 9.47 Å². The first kappa shape index (κ1) is 18.2. The van der Waals surface area contributed by atoms with Crippen LogP contribution in [0.3, 0.4) is 0 Å². The summed E-state index contributed by atoms with van der Waals surface area (Å²) in [6.07, 6.45) is 1.97. The van der Waals surface area contributed by atoms with Crippen molar-refractivity contribution in [3.8, 4) is 0 Å². The van der Waals surface area contributed by atoms with Crippen LogP contribution in [0.1, 0.15) is 60.8 Å². The number of ether oxygens (including phenoxy) is 2. The Morgan fingerprint density at radius 3 is 2.38 bits per heavy atom. The molecule has 5 heteroatoms. The number of rotatable bonds is 5. The number of hydrogen-bond acceptors (Lipinski definition) is 4. The van der Waals surface area contributed by atoms with E-state index in [1.54, 1.807) is 18.7 Å². The van der Waals surface area contributed by atoms with E-state index in [9.17, 15) is 9.90 Å². The second-order valence-corrected chi connectivity index (χ2v) is 7.60. The average molecular weight is 301 g/mol. The molecule has 1 heterocycles. The number of likely N-dealkylation sites (tertiary alicyclic amines) is 1. The lowest BCUT2D eigenvalue weighted by Gasteiger charge is -2.30. The second-order valence-electron chi connectivity index (χ2n) is 7.60. The molecule has 0 saturated carbocycles. The lowest BCUT2D eigenvalue weighted by molar-refractivity contribution is -0.0634. The Morgan fingerprint density at radius 1 is 1.29 bits per heavy atom. The van der Waals surface area contributed by atoms with Crippen molar-refractivity contribution in [1.82, 2.24) is 4.90 Å². The third-order valence-corrected chi connectivity index (χ3v) is 3.73. The predicted octanol–water partition coefficient (Wildman–Crippen LogP) is 2.95. The molecule has 124 valence electrons. The van der Waals surface area contributed by atoms with Crippen LogP contribution in [0.5, 0.6) is 0 Å². The summed E-state index contributed by atoms with van der Waals surface area (Å²) in [7, 11) is 0. The summed E-state index contributed by atoms with van der Waals surface area (Å²) < 4.78 is 11.4. The summed E-state index contributed by atoms with van der Waals surface area (Å²) in [5.74, 6) is 0. The Hall–Kier alpha value is -0.810. The zero-order chi connectivity index (χ0) is 16.3. The number of carbonyl (C=O) groups excluding carboxylic acids is 1. The van der Waals surface area contributed by atoms with Gasteiger partial charge in [0, 0.05) is 6.54 Å². The maximum Gasteiger partial charge on any atom is 0.410 e. The third kappa shape index (κ3) is 6.22. The van der Waals surface area contributed by atoms with Crippen molar-refractivity contribution in [2.75, 3.05) is 19.7 Å². The SMILES string of the molecule is CCC1(OCCC(C)(C)O)CCN(C(=O)OC(C)(C)C)C1. The van der Waals surface area contributed by atoms with Crippen molar-refractivity contribution < 1.29 is 19.4 Å². The quantitative estimate of drug-likeness (QED) is 0.848. The topological polar surface area (TPSA) is 59.0 Å². The van der Waals surface area contributed by atoms with Crippen LogP contribution in [0, 0.1) is 0 Å². The van der Waals surface area contributed by atoms with Gasteiger partial charge in [0.2, 0.25) is 0 Å². The number of hydrogen-bond donors (Lipinski definition) is 1. The van der Waals surface area contributed by atoms with Crippen molar-refractivity contribution in [1.29, 1.82) is 0 Å². The van der Waals surface area contributed by atoms with E-state index in [2.05, 4.69) is 6.92 Å². The molecule has 0 aliphatic carbocycles. The molecule has 0 spiro atoms. The Kier molecular flexibility index (Phi) is 5.67. The molecular formula is C16H31NO4. The van der Waals surface area contributed by atoms with Gasteiger partial charge in [0.05, 0.1) is 24.4 Å². The van der Waals surface area contributed by atoms with Gasteiger partial charge in [-0.3, -0.25) is 0 Å². The van der Waals surface area contributed by atoms with Crippen LogP contribution in [0.4, 0.5) is 4.79 Å². The highest BCUT2D eigenvalue weighted by molar-refractivity contribution is 5.68. The van der Waals surface area contributed by atoms with Crippen molar-refractivity contribution >= 4 is 6.09 Å². The Bertz CT molecular complexity index is 356. The molecule has 1 saturated heterocycles. The summed E-state index contributed by atoms with van der Waals surface area (Å²) in [6, 6.07) is 0. The van der Waals surface area contributed by atoms with Gasteiger partial charge >= 0.3 is 6.09 Å². The molecule has 1 aliphatic rings. The van der Waals surface area contributed by atoms with Crippen LogP contribution in [0.15, 0.2) is 0 Å². The minimum atomic E-state index is -0.724. The van der Waals surface area contributed by atoms with Gasteiger partial charge in [-0.05, 0) is 53.9 Å². The van der Waals surface area contributed by atoms with Crippen molar-refractivity contribution in [3.63, 3.8) is 0 Å². The summed E-state index contributed by atoms with van der Waals surface area (Å²) in [5, 5.41) is 9.75. The van der Waals surface area contributed by atoms with Gasteiger partial charge in [0.15, 0.2) is 0 Å². The zero-order valence-electron chi connectivity index (χ0n) is 14.4. The molecule has 1 rings (SSSR count). The lowest BCUT2D eigenvalue weighted by atomic mass is 9.99. The van der Waals surface area contributed by atoms with Crippen LogP contribution < -0.4 is 0 Å². The Balaban J connectivity index is 2.53. The number of carbonyl (C=O) groups is 1. The first-order valence-electron chi connectivity index (χ1n) is 7.81. The highest BCUT2D eigenvalue weighted by Crippen LogP contribution is 2.30. The fourth-order valence-corrected chi connectivity index (χ4v) is 2.35. The maximum atomic E-state index is 12.1. The molecule has 0 aromatic heterocycles. The van der Waals surface area contributed by atoms with E-state index in [-0.39, 0.29) is 11.7 Å². The van der Waals surface area contributed by atoms with Crippen LogP contribution in [-0.4, -0.2) is 52.6 Å². The molecule has 1 fully saturated rings. The fourth-order valence-electron chi connectivity index (χ4n) is 2.35. The molecule has 21 heavy (non-hydrogen) atoms. The van der Waals surface area contributed by atoms with Gasteiger partial charge in [0.1, 0.15) is 5.60 Å². The van der Waals surface area contributed by atoms with Gasteiger partial charge in [-0.15, -0.1) is 0 Å². The summed E-state index contributed by atoms with van der Waals surface area (Å²) in [4.78, 5) is 13.8. The highest BCUT2D eigenvalue weighted by atomic mass is 16.6. The molecule has 0 bridgehead atoms. The molecule has 1 unspecified atom stereocenters. The van der Waals surface area contributed by atoms with E-state index in [0.717, 1.165) is 12.8 Å². The fraction of sp³-hybridized carbons (Fsp3) is 0.938. The van der Waals surface area contributed by atoms with Crippen LogP contribution in [0.25, 0.3) is 0 Å². The minimum Gasteiger partial charge on any atom is -0.444 e. The standard InChI is InChI=1S/C16H31NO4/c1-7-16(20-11-9-15(5,6)19)8-10-17(12-16)13(18)21-14(2,3)4/h19H,7-12H2,1-6H3. The number of aliphatic hydroxyl groups is 1. The van der Waals surface area contributed by atoms with E-state index >= 15 is 0 Å². The number of amides is 1. The van der Waals surface area contributed by atoms with Gasteiger partial charge in [0.25, 0.3) is 0 Å². The summed E-state index contributed by atoms with van der Waals surface area (Å²) in [5.41, 5.74) is -1.50. The van der Waals surface area contributed by atoms with Crippen molar-refractivity contribution in [2.45, 2.75) is 77.6 Å². The Morgan fingerprint density at radius 2 is 1.90 bits per heavy atom. The van der Waals surface area contributed by atoms with Gasteiger partial charge in [-0.25, -0.2) is 4.79 Å². The second kappa shape index (κ2) is 6.53. The summed E-state index contributed by atoms with van der Waals surface area (Å²) >= 11 is 0. The maximum absolute atomic E-state index is 12.1. The smallest absolute Gasteiger partial charge is 0.410 e. The molecular weight excluding hydrogens is 270 g/mol. The molecule has 1 aliphatic heterocycles. The number of nitrogens with zero attached hydrogens (tertiary/aromatic N) is 1. The van der Waals surface area contributed by atoms with Crippen molar-refractivity contribution in [2.24, 2.45) is 0 Å². The highest BCUT2D eigenvalue weighted by Gasteiger charge is 2.41. The molecule has 1 atom stereocenters. The molecule has 5 nitrogen and oxygen atoms in total. The van der Waals surface area contributed by atoms with Gasteiger partial charge in [-0.1, -0.05) is 6.92 Å². The van der Waals surface area contributed by atoms with E-state index in [1.807, 2.05) is 20.8 Å². The monoisotopic (exact) mass is 301 g/mol. The molecule has 1 amide bonds.